The van der Waals surface area contributed by atoms with Crippen LogP contribution in [0.25, 0.3) is 54.6 Å². The van der Waals surface area contributed by atoms with Gasteiger partial charge in [0.05, 0.1) is 22.7 Å². The number of rotatable bonds is 12. The Morgan fingerprint density at radius 1 is 0.382 bits per heavy atom. The number of anilines is 6. The third-order valence-corrected chi connectivity index (χ3v) is 14.7. The van der Waals surface area contributed by atoms with Crippen LogP contribution in [0, 0.1) is 27.7 Å². The molecule has 0 saturated heterocycles. The summed E-state index contributed by atoms with van der Waals surface area (Å²) in [4.78, 5) is 5.20. The molecule has 0 heterocycles. The van der Waals surface area contributed by atoms with Crippen LogP contribution in [-0.2, 0) is 12.8 Å². The minimum atomic E-state index is 0.281. The number of nitrogens with zero attached hydrogens (tertiary/aromatic N) is 2. The van der Waals surface area contributed by atoms with Crippen LogP contribution in [0.5, 0.6) is 0 Å². The molecule has 0 spiro atoms. The summed E-state index contributed by atoms with van der Waals surface area (Å²) in [6, 6.07) is 64.3. The second-order valence-corrected chi connectivity index (χ2v) is 19.6. The highest BCUT2D eigenvalue weighted by atomic mass is 15.2. The highest BCUT2D eigenvalue weighted by Crippen LogP contribution is 2.53. The van der Waals surface area contributed by atoms with Crippen molar-refractivity contribution >= 4 is 66.4 Å². The van der Waals surface area contributed by atoms with E-state index in [1.807, 2.05) is 0 Å². The highest BCUT2D eigenvalue weighted by molar-refractivity contribution is 6.29. The average Bonchev–Trinajstić information content (AvgIpc) is 3.36. The normalized spacial score (nSPS) is 11.8. The van der Waals surface area contributed by atoms with Crippen LogP contribution in [0.1, 0.15) is 97.9 Å². The largest absolute Gasteiger partial charge is 0.309 e. The first-order valence-corrected chi connectivity index (χ1v) is 24.9. The molecule has 10 aromatic carbocycles. The molecular weight excluding hydrogens is 821 g/mol. The maximum absolute atomic E-state index is 2.60. The lowest BCUT2D eigenvalue weighted by Gasteiger charge is -2.34. The van der Waals surface area contributed by atoms with Gasteiger partial charge in [0, 0.05) is 22.1 Å². The lowest BCUT2D eigenvalue weighted by atomic mass is 9.83. The average molecular weight is 885 g/mol. The van der Waals surface area contributed by atoms with E-state index in [9.17, 15) is 0 Å². The van der Waals surface area contributed by atoms with Gasteiger partial charge in [0.2, 0.25) is 0 Å². The Kier molecular flexibility index (Phi) is 11.9. The van der Waals surface area contributed by atoms with Gasteiger partial charge in [-0.1, -0.05) is 175 Å². The van der Waals surface area contributed by atoms with Crippen LogP contribution < -0.4 is 9.80 Å². The zero-order valence-electron chi connectivity index (χ0n) is 41.6. The second kappa shape index (κ2) is 18.1. The maximum Gasteiger partial charge on any atom is 0.0543 e. The molecule has 0 unspecified atom stereocenters. The van der Waals surface area contributed by atoms with Crippen LogP contribution in [-0.4, -0.2) is 0 Å². The van der Waals surface area contributed by atoms with Crippen molar-refractivity contribution in [2.75, 3.05) is 9.80 Å². The third kappa shape index (κ3) is 7.61. The van der Waals surface area contributed by atoms with Gasteiger partial charge in [0.15, 0.2) is 0 Å². The van der Waals surface area contributed by atoms with Crippen LogP contribution in [0.3, 0.4) is 0 Å². The van der Waals surface area contributed by atoms with Crippen molar-refractivity contribution in [2.24, 2.45) is 0 Å². The lowest BCUT2D eigenvalue weighted by Crippen LogP contribution is -2.16. The molecule has 0 saturated carbocycles. The molecule has 2 heteroatoms. The Bertz CT molecular complexity index is 3240. The Hall–Kier alpha value is -7.16. The molecule has 0 atom stereocenters. The summed E-state index contributed by atoms with van der Waals surface area (Å²) < 4.78 is 0. The van der Waals surface area contributed by atoms with Gasteiger partial charge in [-0.15, -0.1) is 0 Å². The molecule has 0 aliphatic heterocycles. The van der Waals surface area contributed by atoms with Crippen molar-refractivity contribution in [3.8, 4) is 22.3 Å². The van der Waals surface area contributed by atoms with Crippen molar-refractivity contribution in [3.63, 3.8) is 0 Å². The molecule has 0 N–H and O–H groups in total. The number of benzene rings is 10. The lowest BCUT2D eigenvalue weighted by molar-refractivity contribution is 0.875. The van der Waals surface area contributed by atoms with Gasteiger partial charge >= 0.3 is 0 Å². The van der Waals surface area contributed by atoms with E-state index in [0.717, 1.165) is 12.8 Å². The quantitative estimate of drug-likeness (QED) is 0.113. The Morgan fingerprint density at radius 2 is 0.765 bits per heavy atom. The number of hydrogen-bond acceptors (Lipinski definition) is 2. The molecule has 0 fully saturated rings. The van der Waals surface area contributed by atoms with Gasteiger partial charge in [0.1, 0.15) is 0 Å². The Balaban J connectivity index is 1.34. The van der Waals surface area contributed by atoms with Crippen LogP contribution >= 0.6 is 0 Å². The van der Waals surface area contributed by atoms with Gasteiger partial charge in [-0.3, -0.25) is 0 Å². The van der Waals surface area contributed by atoms with Crippen molar-refractivity contribution < 1.29 is 0 Å². The highest BCUT2D eigenvalue weighted by Gasteiger charge is 2.29. The second-order valence-electron chi connectivity index (χ2n) is 19.6. The van der Waals surface area contributed by atoms with Crippen LogP contribution in [0.4, 0.5) is 34.1 Å². The zero-order chi connectivity index (χ0) is 47.4. The fraction of sp³-hybridized carbons (Fsp3) is 0.212. The molecule has 0 radical (unpaired) electrons. The van der Waals surface area contributed by atoms with Crippen molar-refractivity contribution in [1.29, 1.82) is 0 Å². The SMILES string of the molecule is CCc1cccc(N(c2c(C)ccc(-c3ccccc3)c2C)c2cc(C(C)C)c3ccc4c(N(c5cccc(CC)c5)c5c(C)ccc(-c6ccccc6)c5C)cc(C(C)C)c5ccc2c3c54)c1. The molecule has 0 aliphatic carbocycles. The minimum absolute atomic E-state index is 0.281. The summed E-state index contributed by atoms with van der Waals surface area (Å²) in [6.45, 7) is 23.2. The summed E-state index contributed by atoms with van der Waals surface area (Å²) in [5.74, 6) is 0.562. The van der Waals surface area contributed by atoms with Gasteiger partial charge in [-0.05, 0) is 177 Å². The first-order valence-electron chi connectivity index (χ1n) is 24.9. The van der Waals surface area contributed by atoms with E-state index in [-0.39, 0.29) is 11.8 Å². The number of aryl methyl sites for hydroxylation is 4. The van der Waals surface area contributed by atoms with E-state index in [4.69, 9.17) is 0 Å². The molecule has 68 heavy (non-hydrogen) atoms. The van der Waals surface area contributed by atoms with Gasteiger partial charge in [-0.2, -0.15) is 0 Å². The van der Waals surface area contributed by atoms with Gasteiger partial charge < -0.3 is 9.80 Å². The molecule has 338 valence electrons. The van der Waals surface area contributed by atoms with Gasteiger partial charge in [-0.25, -0.2) is 0 Å². The van der Waals surface area contributed by atoms with E-state index >= 15 is 0 Å². The Morgan fingerprint density at radius 3 is 1.13 bits per heavy atom. The molecule has 0 aromatic heterocycles. The molecule has 10 rings (SSSR count). The standard InChI is InChI=1S/C66H64N2/c1-11-47-21-19-27-51(37-47)67(65-43(7)29-31-53(45(65)9)49-23-15-13-16-24-49)61-39-59(41(3)4)55-34-36-58-62(40-60(42(5)6)56-33-35-57(61)63(55)64(56)58)68(52-28-20-22-48(12-2)38-52)66-44(8)30-32-54(46(66)10)50-25-17-14-18-26-50/h13-42H,11-12H2,1-10H3. The summed E-state index contributed by atoms with van der Waals surface area (Å²) in [6.07, 6.45) is 1.93. The predicted octanol–water partition coefficient (Wildman–Crippen LogP) is 19.5. The molecular formula is C66H64N2. The van der Waals surface area contributed by atoms with Gasteiger partial charge in [0.25, 0.3) is 0 Å². The fourth-order valence-corrected chi connectivity index (χ4v) is 11.2. The number of hydrogen-bond donors (Lipinski definition) is 0. The van der Waals surface area contributed by atoms with E-state index in [1.165, 1.54) is 133 Å². The minimum Gasteiger partial charge on any atom is -0.309 e. The summed E-state index contributed by atoms with van der Waals surface area (Å²) in [5, 5.41) is 7.86. The Labute approximate surface area is 404 Å². The monoisotopic (exact) mass is 885 g/mol. The smallest absolute Gasteiger partial charge is 0.0543 e. The third-order valence-electron chi connectivity index (χ3n) is 14.7. The van der Waals surface area contributed by atoms with E-state index in [1.54, 1.807) is 0 Å². The fourth-order valence-electron chi connectivity index (χ4n) is 11.2. The van der Waals surface area contributed by atoms with E-state index in [0.29, 0.717) is 0 Å². The first-order chi connectivity index (χ1) is 33.0. The zero-order valence-corrected chi connectivity index (χ0v) is 41.6. The summed E-state index contributed by atoms with van der Waals surface area (Å²) >= 11 is 0. The molecule has 0 bridgehead atoms. The summed E-state index contributed by atoms with van der Waals surface area (Å²) in [7, 11) is 0. The molecule has 0 aliphatic rings. The topological polar surface area (TPSA) is 6.48 Å². The van der Waals surface area contributed by atoms with Crippen LogP contribution in [0.2, 0.25) is 0 Å². The van der Waals surface area contributed by atoms with Crippen molar-refractivity contribution in [1.82, 2.24) is 0 Å². The summed E-state index contributed by atoms with van der Waals surface area (Å²) in [5.41, 5.74) is 22.6. The maximum atomic E-state index is 2.60. The van der Waals surface area contributed by atoms with Crippen molar-refractivity contribution in [2.45, 2.75) is 93.9 Å². The van der Waals surface area contributed by atoms with E-state index in [2.05, 4.69) is 249 Å². The van der Waals surface area contributed by atoms with Crippen LogP contribution in [0.15, 0.2) is 170 Å². The van der Waals surface area contributed by atoms with E-state index < -0.39 is 0 Å². The van der Waals surface area contributed by atoms with Crippen molar-refractivity contribution in [3.05, 3.63) is 214 Å². The predicted molar refractivity (Wildman–Crippen MR) is 296 cm³/mol. The molecule has 10 aromatic rings. The molecule has 0 amide bonds. The molecule has 2 nitrogen and oxygen atoms in total. The first kappa shape index (κ1) is 44.7.